The van der Waals surface area contributed by atoms with Crippen LogP contribution in [-0.4, -0.2) is 25.8 Å². The second-order valence-corrected chi connectivity index (χ2v) is 5.72. The first-order chi connectivity index (χ1) is 9.58. The van der Waals surface area contributed by atoms with Crippen LogP contribution in [0.1, 0.15) is 38.2 Å². The van der Waals surface area contributed by atoms with Gasteiger partial charge in [-0.2, -0.15) is 0 Å². The van der Waals surface area contributed by atoms with E-state index < -0.39 is 11.6 Å². The standard InChI is InChI=1S/C16H23F2NO/c1-11(14-3-4-15(17)16(18)9-14)10-19-12(2)13-5-7-20-8-6-13/h3-4,9,11-13,19H,5-8,10H2,1-2H3/t11-,12+/m1/s1. The van der Waals surface area contributed by atoms with Crippen molar-refractivity contribution in [2.75, 3.05) is 19.8 Å². The van der Waals surface area contributed by atoms with Crippen molar-refractivity contribution >= 4 is 0 Å². The van der Waals surface area contributed by atoms with Crippen LogP contribution in [0.4, 0.5) is 8.78 Å². The van der Waals surface area contributed by atoms with Gasteiger partial charge in [-0.1, -0.05) is 13.0 Å². The zero-order valence-corrected chi connectivity index (χ0v) is 12.2. The van der Waals surface area contributed by atoms with Crippen LogP contribution in [0.15, 0.2) is 18.2 Å². The molecular formula is C16H23F2NO. The number of rotatable bonds is 5. The number of ether oxygens (including phenoxy) is 1. The molecule has 0 aliphatic carbocycles. The summed E-state index contributed by atoms with van der Waals surface area (Å²) in [4.78, 5) is 0. The van der Waals surface area contributed by atoms with Crippen molar-refractivity contribution in [1.29, 1.82) is 0 Å². The minimum atomic E-state index is -0.788. The third kappa shape index (κ3) is 4.00. The van der Waals surface area contributed by atoms with Gasteiger partial charge in [0.25, 0.3) is 0 Å². The molecule has 1 saturated heterocycles. The zero-order chi connectivity index (χ0) is 14.5. The van der Waals surface area contributed by atoms with Gasteiger partial charge in [0.2, 0.25) is 0 Å². The molecular weight excluding hydrogens is 260 g/mol. The Labute approximate surface area is 119 Å². The molecule has 1 aromatic carbocycles. The summed E-state index contributed by atoms with van der Waals surface area (Å²) in [6.07, 6.45) is 2.18. The highest BCUT2D eigenvalue weighted by Crippen LogP contribution is 2.21. The van der Waals surface area contributed by atoms with E-state index in [1.807, 2.05) is 6.92 Å². The normalized spacial score (nSPS) is 19.8. The summed E-state index contributed by atoms with van der Waals surface area (Å²) >= 11 is 0. The van der Waals surface area contributed by atoms with Crippen LogP contribution in [0.5, 0.6) is 0 Å². The van der Waals surface area contributed by atoms with Crippen LogP contribution >= 0.6 is 0 Å². The lowest BCUT2D eigenvalue weighted by Gasteiger charge is -2.29. The van der Waals surface area contributed by atoms with Gasteiger partial charge in [0.1, 0.15) is 0 Å². The van der Waals surface area contributed by atoms with Crippen molar-refractivity contribution in [3.63, 3.8) is 0 Å². The van der Waals surface area contributed by atoms with E-state index >= 15 is 0 Å². The van der Waals surface area contributed by atoms with Gasteiger partial charge in [-0.3, -0.25) is 0 Å². The van der Waals surface area contributed by atoms with Gasteiger partial charge < -0.3 is 10.1 Å². The molecule has 4 heteroatoms. The Hall–Kier alpha value is -1.00. The lowest BCUT2D eigenvalue weighted by Crippen LogP contribution is -2.38. The minimum absolute atomic E-state index is 0.160. The molecule has 2 nitrogen and oxygen atoms in total. The molecule has 0 unspecified atom stereocenters. The summed E-state index contributed by atoms with van der Waals surface area (Å²) in [5.74, 6) is -0.760. The van der Waals surface area contributed by atoms with Crippen LogP contribution in [0, 0.1) is 17.6 Å². The summed E-state index contributed by atoms with van der Waals surface area (Å²) < 4.78 is 31.5. The Morgan fingerprint density at radius 3 is 2.55 bits per heavy atom. The second-order valence-electron chi connectivity index (χ2n) is 5.72. The first-order valence-corrected chi connectivity index (χ1v) is 7.34. The molecule has 1 aliphatic rings. The predicted octanol–water partition coefficient (Wildman–Crippen LogP) is 3.47. The van der Waals surface area contributed by atoms with Gasteiger partial charge in [0.05, 0.1) is 0 Å². The maximum atomic E-state index is 13.2. The van der Waals surface area contributed by atoms with E-state index in [9.17, 15) is 8.78 Å². The van der Waals surface area contributed by atoms with E-state index in [2.05, 4.69) is 12.2 Å². The first-order valence-electron chi connectivity index (χ1n) is 7.34. The number of hydrogen-bond donors (Lipinski definition) is 1. The van der Waals surface area contributed by atoms with Gasteiger partial charge in [0.15, 0.2) is 11.6 Å². The summed E-state index contributed by atoms with van der Waals surface area (Å²) in [5.41, 5.74) is 0.829. The molecule has 0 saturated carbocycles. The third-order valence-electron chi connectivity index (χ3n) is 4.23. The Morgan fingerprint density at radius 2 is 1.90 bits per heavy atom. The van der Waals surface area contributed by atoms with Gasteiger partial charge in [-0.25, -0.2) is 8.78 Å². The Morgan fingerprint density at radius 1 is 1.20 bits per heavy atom. The molecule has 1 aromatic rings. The maximum absolute atomic E-state index is 13.2. The zero-order valence-electron chi connectivity index (χ0n) is 12.2. The Balaban J connectivity index is 1.84. The molecule has 2 atom stereocenters. The summed E-state index contributed by atoms with van der Waals surface area (Å²) in [7, 11) is 0. The van der Waals surface area contributed by atoms with E-state index in [0.717, 1.165) is 38.2 Å². The summed E-state index contributed by atoms with van der Waals surface area (Å²) in [5, 5.41) is 3.51. The fourth-order valence-electron chi connectivity index (χ4n) is 2.68. The highest BCUT2D eigenvalue weighted by atomic mass is 19.2. The number of hydrogen-bond acceptors (Lipinski definition) is 2. The Kier molecular flexibility index (Phi) is 5.49. The SMILES string of the molecule is C[C@H](CN[C@@H](C)C1CCOCC1)c1ccc(F)c(F)c1. The summed E-state index contributed by atoms with van der Waals surface area (Å²) in [6, 6.07) is 4.57. The molecule has 0 radical (unpaired) electrons. The van der Waals surface area contributed by atoms with Crippen LogP contribution < -0.4 is 5.32 Å². The largest absolute Gasteiger partial charge is 0.381 e. The lowest BCUT2D eigenvalue weighted by atomic mass is 9.92. The van der Waals surface area contributed by atoms with E-state index in [-0.39, 0.29) is 5.92 Å². The van der Waals surface area contributed by atoms with E-state index in [1.165, 1.54) is 12.1 Å². The van der Waals surface area contributed by atoms with Crippen molar-refractivity contribution in [3.05, 3.63) is 35.4 Å². The van der Waals surface area contributed by atoms with Gasteiger partial charge in [-0.05, 0) is 49.3 Å². The quantitative estimate of drug-likeness (QED) is 0.893. The summed E-state index contributed by atoms with van der Waals surface area (Å²) in [6.45, 7) is 6.67. The van der Waals surface area contributed by atoms with Crippen molar-refractivity contribution in [1.82, 2.24) is 5.32 Å². The van der Waals surface area contributed by atoms with Crippen molar-refractivity contribution < 1.29 is 13.5 Å². The predicted molar refractivity (Wildman–Crippen MR) is 75.8 cm³/mol. The van der Waals surface area contributed by atoms with Crippen molar-refractivity contribution in [2.24, 2.45) is 5.92 Å². The van der Waals surface area contributed by atoms with E-state index in [0.29, 0.717) is 12.0 Å². The minimum Gasteiger partial charge on any atom is -0.381 e. The smallest absolute Gasteiger partial charge is 0.159 e. The average molecular weight is 283 g/mol. The lowest BCUT2D eigenvalue weighted by molar-refractivity contribution is 0.0559. The van der Waals surface area contributed by atoms with Crippen LogP contribution in [-0.2, 0) is 4.74 Å². The number of benzene rings is 1. The van der Waals surface area contributed by atoms with E-state index in [4.69, 9.17) is 4.74 Å². The first kappa shape index (κ1) is 15.4. The molecule has 1 N–H and O–H groups in total. The molecule has 1 heterocycles. The molecule has 1 fully saturated rings. The average Bonchev–Trinajstić information content (AvgIpc) is 2.48. The highest BCUT2D eigenvalue weighted by Gasteiger charge is 2.20. The van der Waals surface area contributed by atoms with Gasteiger partial charge in [-0.15, -0.1) is 0 Å². The van der Waals surface area contributed by atoms with Crippen molar-refractivity contribution in [3.8, 4) is 0 Å². The molecule has 0 amide bonds. The van der Waals surface area contributed by atoms with Gasteiger partial charge in [0, 0.05) is 25.8 Å². The Bertz CT molecular complexity index is 432. The molecule has 0 bridgehead atoms. The fraction of sp³-hybridized carbons (Fsp3) is 0.625. The van der Waals surface area contributed by atoms with E-state index in [1.54, 1.807) is 6.07 Å². The monoisotopic (exact) mass is 283 g/mol. The highest BCUT2D eigenvalue weighted by molar-refractivity contribution is 5.21. The third-order valence-corrected chi connectivity index (χ3v) is 4.23. The molecule has 0 spiro atoms. The molecule has 2 rings (SSSR count). The van der Waals surface area contributed by atoms with Crippen LogP contribution in [0.3, 0.4) is 0 Å². The molecule has 20 heavy (non-hydrogen) atoms. The van der Waals surface area contributed by atoms with Crippen molar-refractivity contribution in [2.45, 2.75) is 38.6 Å². The molecule has 112 valence electrons. The number of halogens is 2. The maximum Gasteiger partial charge on any atom is 0.159 e. The fourth-order valence-corrected chi connectivity index (χ4v) is 2.68. The molecule has 1 aliphatic heterocycles. The second kappa shape index (κ2) is 7.14. The number of nitrogens with one attached hydrogen (secondary N) is 1. The van der Waals surface area contributed by atoms with Crippen LogP contribution in [0.2, 0.25) is 0 Å². The molecule has 0 aromatic heterocycles. The van der Waals surface area contributed by atoms with Gasteiger partial charge >= 0.3 is 0 Å². The van der Waals surface area contributed by atoms with Crippen LogP contribution in [0.25, 0.3) is 0 Å². The topological polar surface area (TPSA) is 21.3 Å².